The zero-order valence-corrected chi connectivity index (χ0v) is 13.7. The first kappa shape index (κ1) is 16.8. The number of rotatable bonds is 7. The fraction of sp³-hybridized carbons (Fsp3) is 0.647. The second kappa shape index (κ2) is 6.98. The van der Waals surface area contributed by atoms with Gasteiger partial charge in [0.2, 0.25) is 0 Å². The molecule has 0 radical (unpaired) electrons. The van der Waals surface area contributed by atoms with Crippen LogP contribution in [0.4, 0.5) is 0 Å². The lowest BCUT2D eigenvalue weighted by molar-refractivity contribution is 0.165. The molecule has 0 fully saturated rings. The monoisotopic (exact) mass is 279 g/mol. The molecule has 0 aromatic heterocycles. The second-order valence-electron chi connectivity index (χ2n) is 6.96. The molecule has 0 heterocycles. The number of ether oxygens (including phenoxy) is 2. The average Bonchev–Trinajstić information content (AvgIpc) is 2.35. The SMILES string of the molecule is CCOc1cccc(OCC(C)(C)CNC(C)(C)C)c1. The minimum Gasteiger partial charge on any atom is -0.494 e. The Kier molecular flexibility index (Phi) is 5.88. The van der Waals surface area contributed by atoms with Crippen LogP contribution in [0.25, 0.3) is 0 Å². The lowest BCUT2D eigenvalue weighted by atomic mass is 9.93. The van der Waals surface area contributed by atoms with E-state index >= 15 is 0 Å². The van der Waals surface area contributed by atoms with Gasteiger partial charge in [0.1, 0.15) is 11.5 Å². The van der Waals surface area contributed by atoms with Crippen LogP contribution in [0.5, 0.6) is 11.5 Å². The highest BCUT2D eigenvalue weighted by atomic mass is 16.5. The molecule has 114 valence electrons. The molecular weight excluding hydrogens is 250 g/mol. The highest BCUT2D eigenvalue weighted by Gasteiger charge is 2.21. The average molecular weight is 279 g/mol. The zero-order valence-electron chi connectivity index (χ0n) is 13.7. The summed E-state index contributed by atoms with van der Waals surface area (Å²) in [7, 11) is 0. The van der Waals surface area contributed by atoms with Crippen molar-refractivity contribution in [2.24, 2.45) is 5.41 Å². The van der Waals surface area contributed by atoms with E-state index in [0.29, 0.717) is 13.2 Å². The van der Waals surface area contributed by atoms with Crippen molar-refractivity contribution in [1.29, 1.82) is 0 Å². The van der Waals surface area contributed by atoms with E-state index in [9.17, 15) is 0 Å². The fourth-order valence-electron chi connectivity index (χ4n) is 1.65. The molecule has 0 saturated heterocycles. The van der Waals surface area contributed by atoms with Gasteiger partial charge in [0.05, 0.1) is 13.2 Å². The van der Waals surface area contributed by atoms with E-state index in [2.05, 4.69) is 39.9 Å². The van der Waals surface area contributed by atoms with Crippen LogP contribution in [-0.2, 0) is 0 Å². The Bertz CT molecular complexity index is 408. The van der Waals surface area contributed by atoms with Crippen molar-refractivity contribution in [1.82, 2.24) is 5.32 Å². The highest BCUT2D eigenvalue weighted by Crippen LogP contribution is 2.22. The van der Waals surface area contributed by atoms with Gasteiger partial charge in [-0.2, -0.15) is 0 Å². The lowest BCUT2D eigenvalue weighted by Gasteiger charge is -2.30. The zero-order chi connectivity index (χ0) is 15.2. The van der Waals surface area contributed by atoms with Crippen LogP contribution >= 0.6 is 0 Å². The molecule has 3 heteroatoms. The quantitative estimate of drug-likeness (QED) is 0.821. The molecule has 0 aliphatic rings. The third kappa shape index (κ3) is 6.80. The first-order chi connectivity index (χ1) is 9.22. The van der Waals surface area contributed by atoms with Crippen molar-refractivity contribution in [2.45, 2.75) is 47.1 Å². The van der Waals surface area contributed by atoms with E-state index < -0.39 is 0 Å². The van der Waals surface area contributed by atoms with Gasteiger partial charge in [-0.05, 0) is 39.8 Å². The van der Waals surface area contributed by atoms with Crippen LogP contribution in [0.1, 0.15) is 41.5 Å². The topological polar surface area (TPSA) is 30.5 Å². The molecule has 0 saturated carbocycles. The minimum atomic E-state index is 0.0783. The standard InChI is InChI=1S/C17H29NO2/c1-7-19-14-9-8-10-15(11-14)20-13-17(5,6)12-18-16(2,3)4/h8-11,18H,7,12-13H2,1-6H3. The van der Waals surface area contributed by atoms with Crippen molar-refractivity contribution < 1.29 is 9.47 Å². The Morgan fingerprint density at radius 2 is 1.60 bits per heavy atom. The third-order valence-electron chi connectivity index (χ3n) is 2.84. The molecule has 1 N–H and O–H groups in total. The van der Waals surface area contributed by atoms with Crippen LogP contribution in [0.15, 0.2) is 24.3 Å². The molecule has 1 aromatic rings. The first-order valence-corrected chi connectivity index (χ1v) is 7.32. The van der Waals surface area contributed by atoms with Gasteiger partial charge >= 0.3 is 0 Å². The van der Waals surface area contributed by atoms with E-state index in [-0.39, 0.29) is 11.0 Å². The van der Waals surface area contributed by atoms with Gasteiger partial charge < -0.3 is 14.8 Å². The summed E-state index contributed by atoms with van der Waals surface area (Å²) < 4.78 is 11.4. The fourth-order valence-corrected chi connectivity index (χ4v) is 1.65. The summed E-state index contributed by atoms with van der Waals surface area (Å²) in [6.45, 7) is 15.2. The Balaban J connectivity index is 2.50. The van der Waals surface area contributed by atoms with Gasteiger partial charge in [0.15, 0.2) is 0 Å². The van der Waals surface area contributed by atoms with Gasteiger partial charge in [0.25, 0.3) is 0 Å². The van der Waals surface area contributed by atoms with E-state index in [1.807, 2.05) is 31.2 Å². The summed E-state index contributed by atoms with van der Waals surface area (Å²) >= 11 is 0. The van der Waals surface area contributed by atoms with E-state index in [1.54, 1.807) is 0 Å². The predicted octanol–water partition coefficient (Wildman–Crippen LogP) is 3.88. The normalized spacial score (nSPS) is 12.3. The summed E-state index contributed by atoms with van der Waals surface area (Å²) in [5.41, 5.74) is 0.209. The maximum absolute atomic E-state index is 5.90. The van der Waals surface area contributed by atoms with Crippen LogP contribution in [0, 0.1) is 5.41 Å². The summed E-state index contributed by atoms with van der Waals surface area (Å²) in [5.74, 6) is 1.72. The smallest absolute Gasteiger partial charge is 0.123 e. The van der Waals surface area contributed by atoms with Gasteiger partial charge in [-0.15, -0.1) is 0 Å². The van der Waals surface area contributed by atoms with E-state index in [4.69, 9.17) is 9.47 Å². The van der Waals surface area contributed by atoms with Crippen molar-refractivity contribution in [3.8, 4) is 11.5 Å². The van der Waals surface area contributed by atoms with Crippen molar-refractivity contribution >= 4 is 0 Å². The summed E-state index contributed by atoms with van der Waals surface area (Å²) in [6.07, 6.45) is 0. The highest BCUT2D eigenvalue weighted by molar-refractivity contribution is 5.32. The molecule has 0 aliphatic heterocycles. The van der Waals surface area contributed by atoms with Gasteiger partial charge in [-0.25, -0.2) is 0 Å². The van der Waals surface area contributed by atoms with Crippen LogP contribution in [0.2, 0.25) is 0 Å². The van der Waals surface area contributed by atoms with E-state index in [0.717, 1.165) is 18.0 Å². The molecule has 0 aliphatic carbocycles. The molecule has 1 aromatic carbocycles. The number of nitrogens with one attached hydrogen (secondary N) is 1. The molecule has 20 heavy (non-hydrogen) atoms. The van der Waals surface area contributed by atoms with Gasteiger partial charge in [-0.3, -0.25) is 0 Å². The molecule has 0 bridgehead atoms. The second-order valence-corrected chi connectivity index (χ2v) is 6.96. The molecular formula is C17H29NO2. The number of hydrogen-bond acceptors (Lipinski definition) is 3. The molecule has 0 amide bonds. The van der Waals surface area contributed by atoms with Crippen LogP contribution in [0.3, 0.4) is 0 Å². The summed E-state index contributed by atoms with van der Waals surface area (Å²) in [6, 6.07) is 7.82. The summed E-state index contributed by atoms with van der Waals surface area (Å²) in [4.78, 5) is 0. The largest absolute Gasteiger partial charge is 0.494 e. The van der Waals surface area contributed by atoms with Crippen LogP contribution < -0.4 is 14.8 Å². The van der Waals surface area contributed by atoms with Gasteiger partial charge in [0, 0.05) is 23.6 Å². The predicted molar refractivity (Wildman–Crippen MR) is 84.6 cm³/mol. The molecule has 0 spiro atoms. The maximum Gasteiger partial charge on any atom is 0.123 e. The minimum absolute atomic E-state index is 0.0783. The third-order valence-corrected chi connectivity index (χ3v) is 2.84. The van der Waals surface area contributed by atoms with Crippen LogP contribution in [-0.4, -0.2) is 25.3 Å². The van der Waals surface area contributed by atoms with Gasteiger partial charge in [-0.1, -0.05) is 19.9 Å². The maximum atomic E-state index is 5.90. The molecule has 0 unspecified atom stereocenters. The van der Waals surface area contributed by atoms with Crippen molar-refractivity contribution in [3.05, 3.63) is 24.3 Å². The number of hydrogen-bond donors (Lipinski definition) is 1. The van der Waals surface area contributed by atoms with E-state index in [1.165, 1.54) is 0 Å². The Morgan fingerprint density at radius 1 is 1.00 bits per heavy atom. The molecule has 0 atom stereocenters. The van der Waals surface area contributed by atoms with Crippen molar-refractivity contribution in [3.63, 3.8) is 0 Å². The Hall–Kier alpha value is -1.22. The van der Waals surface area contributed by atoms with Crippen molar-refractivity contribution in [2.75, 3.05) is 19.8 Å². The Labute approximate surface area is 123 Å². The number of benzene rings is 1. The lowest BCUT2D eigenvalue weighted by Crippen LogP contribution is -2.43. The molecule has 3 nitrogen and oxygen atoms in total. The molecule has 1 rings (SSSR count). The summed E-state index contributed by atoms with van der Waals surface area (Å²) in [5, 5.41) is 3.53. The first-order valence-electron chi connectivity index (χ1n) is 7.32. The Morgan fingerprint density at radius 3 is 2.15 bits per heavy atom.